The average molecular weight is 290 g/mol. The lowest BCUT2D eigenvalue weighted by atomic mass is 9.49. The normalized spacial score (nSPS) is 43.1. The molecular formula is C18H30N2O. The van der Waals surface area contributed by atoms with Crippen molar-refractivity contribution in [3.63, 3.8) is 0 Å². The maximum atomic E-state index is 11.6. The maximum absolute atomic E-state index is 11.6. The van der Waals surface area contributed by atoms with Gasteiger partial charge in [-0.2, -0.15) is 0 Å². The van der Waals surface area contributed by atoms with Crippen LogP contribution in [0, 0.1) is 23.2 Å². The van der Waals surface area contributed by atoms with Gasteiger partial charge in [-0.15, -0.1) is 0 Å². The molecular weight excluding hydrogens is 260 g/mol. The van der Waals surface area contributed by atoms with E-state index in [1.807, 2.05) is 4.90 Å². The van der Waals surface area contributed by atoms with Crippen LogP contribution in [0.2, 0.25) is 0 Å². The highest BCUT2D eigenvalue weighted by molar-refractivity contribution is 5.73. The SMILES string of the molecule is CC(=O)N1CCCN(CC23CC4CC(CC(C4)C2)C3)CC1. The molecule has 0 spiro atoms. The lowest BCUT2D eigenvalue weighted by molar-refractivity contribution is -0.128. The summed E-state index contributed by atoms with van der Waals surface area (Å²) in [6.45, 7) is 7.25. The molecule has 4 aliphatic carbocycles. The summed E-state index contributed by atoms with van der Waals surface area (Å²) in [5, 5.41) is 0. The second-order valence-electron chi connectivity index (χ2n) is 8.55. The Morgan fingerprint density at radius 1 is 0.952 bits per heavy atom. The van der Waals surface area contributed by atoms with Crippen molar-refractivity contribution >= 4 is 5.91 Å². The summed E-state index contributed by atoms with van der Waals surface area (Å²) in [6, 6.07) is 0. The molecule has 1 saturated heterocycles. The predicted octanol–water partition coefficient (Wildman–Crippen LogP) is 2.76. The Kier molecular flexibility index (Phi) is 3.52. The molecule has 0 aromatic heterocycles. The number of hydrogen-bond donors (Lipinski definition) is 0. The molecule has 118 valence electrons. The van der Waals surface area contributed by atoms with Gasteiger partial charge in [0.05, 0.1) is 0 Å². The van der Waals surface area contributed by atoms with Crippen molar-refractivity contribution < 1.29 is 4.79 Å². The van der Waals surface area contributed by atoms with Crippen molar-refractivity contribution in [1.82, 2.24) is 9.80 Å². The minimum Gasteiger partial charge on any atom is -0.342 e. The van der Waals surface area contributed by atoms with Crippen molar-refractivity contribution in [3.8, 4) is 0 Å². The second-order valence-corrected chi connectivity index (χ2v) is 8.55. The van der Waals surface area contributed by atoms with Crippen molar-refractivity contribution in [2.24, 2.45) is 23.2 Å². The van der Waals surface area contributed by atoms with Gasteiger partial charge in [-0.3, -0.25) is 4.79 Å². The van der Waals surface area contributed by atoms with Gasteiger partial charge in [-0.1, -0.05) is 0 Å². The van der Waals surface area contributed by atoms with Gasteiger partial charge < -0.3 is 9.80 Å². The minimum absolute atomic E-state index is 0.256. The zero-order chi connectivity index (χ0) is 14.4. The second kappa shape index (κ2) is 5.26. The molecule has 1 heterocycles. The van der Waals surface area contributed by atoms with E-state index in [2.05, 4.69) is 4.90 Å². The first kappa shape index (κ1) is 14.0. The molecule has 5 aliphatic rings. The Morgan fingerprint density at radius 2 is 1.57 bits per heavy atom. The van der Waals surface area contributed by atoms with E-state index in [0.717, 1.165) is 43.8 Å². The molecule has 4 saturated carbocycles. The van der Waals surface area contributed by atoms with Crippen LogP contribution in [0.5, 0.6) is 0 Å². The highest BCUT2D eigenvalue weighted by atomic mass is 16.2. The highest BCUT2D eigenvalue weighted by Crippen LogP contribution is 2.60. The highest BCUT2D eigenvalue weighted by Gasteiger charge is 2.51. The summed E-state index contributed by atoms with van der Waals surface area (Å²) >= 11 is 0. The number of carbonyl (C=O) groups is 1. The summed E-state index contributed by atoms with van der Waals surface area (Å²) in [5.41, 5.74) is 0.653. The van der Waals surface area contributed by atoms with Crippen LogP contribution in [-0.2, 0) is 4.79 Å². The molecule has 0 atom stereocenters. The van der Waals surface area contributed by atoms with Crippen molar-refractivity contribution in [1.29, 1.82) is 0 Å². The molecule has 5 rings (SSSR count). The monoisotopic (exact) mass is 290 g/mol. The Morgan fingerprint density at radius 3 is 2.14 bits per heavy atom. The fraction of sp³-hybridized carbons (Fsp3) is 0.944. The standard InChI is InChI=1S/C18H30N2O/c1-14(21)20-4-2-3-19(5-6-20)13-18-10-15-7-16(11-18)9-17(8-15)12-18/h15-17H,2-13H2,1H3. The Hall–Kier alpha value is -0.570. The average Bonchev–Trinajstić information content (AvgIpc) is 2.62. The van der Waals surface area contributed by atoms with Crippen molar-refractivity contribution in [2.75, 3.05) is 32.7 Å². The molecule has 0 unspecified atom stereocenters. The molecule has 4 bridgehead atoms. The zero-order valence-electron chi connectivity index (χ0n) is 13.5. The summed E-state index contributed by atoms with van der Waals surface area (Å²) in [4.78, 5) is 16.3. The molecule has 1 aliphatic heterocycles. The van der Waals surface area contributed by atoms with Crippen LogP contribution in [-0.4, -0.2) is 48.4 Å². The van der Waals surface area contributed by atoms with Crippen LogP contribution in [0.4, 0.5) is 0 Å². The predicted molar refractivity (Wildman–Crippen MR) is 83.9 cm³/mol. The topological polar surface area (TPSA) is 23.6 Å². The van der Waals surface area contributed by atoms with E-state index in [4.69, 9.17) is 0 Å². The van der Waals surface area contributed by atoms with E-state index in [1.165, 1.54) is 51.6 Å². The molecule has 0 radical (unpaired) electrons. The molecule has 0 aromatic carbocycles. The number of hydrogen-bond acceptors (Lipinski definition) is 2. The van der Waals surface area contributed by atoms with Crippen LogP contribution in [0.1, 0.15) is 51.9 Å². The van der Waals surface area contributed by atoms with Gasteiger partial charge in [-0.05, 0) is 74.7 Å². The summed E-state index contributed by atoms with van der Waals surface area (Å²) in [7, 11) is 0. The van der Waals surface area contributed by atoms with Gasteiger partial charge in [-0.25, -0.2) is 0 Å². The number of amides is 1. The molecule has 0 aromatic rings. The summed E-state index contributed by atoms with van der Waals surface area (Å²) in [6.07, 6.45) is 10.3. The van der Waals surface area contributed by atoms with Gasteiger partial charge >= 0.3 is 0 Å². The number of rotatable bonds is 2. The van der Waals surface area contributed by atoms with Gasteiger partial charge in [0, 0.05) is 33.1 Å². The molecule has 3 heteroatoms. The Bertz CT molecular complexity index is 384. The third kappa shape index (κ3) is 2.74. The first-order valence-corrected chi connectivity index (χ1v) is 9.10. The smallest absolute Gasteiger partial charge is 0.219 e. The van der Waals surface area contributed by atoms with Crippen LogP contribution < -0.4 is 0 Å². The molecule has 1 amide bonds. The number of carbonyl (C=O) groups excluding carboxylic acids is 1. The van der Waals surface area contributed by atoms with Crippen LogP contribution in [0.3, 0.4) is 0 Å². The molecule has 21 heavy (non-hydrogen) atoms. The fourth-order valence-electron chi connectivity index (χ4n) is 6.40. The Labute approximate surface area is 129 Å². The molecule has 0 N–H and O–H groups in total. The van der Waals surface area contributed by atoms with Gasteiger partial charge in [0.25, 0.3) is 0 Å². The van der Waals surface area contributed by atoms with E-state index in [9.17, 15) is 4.79 Å². The van der Waals surface area contributed by atoms with E-state index >= 15 is 0 Å². The molecule has 5 fully saturated rings. The van der Waals surface area contributed by atoms with E-state index in [-0.39, 0.29) is 5.91 Å². The summed E-state index contributed by atoms with van der Waals surface area (Å²) < 4.78 is 0. The van der Waals surface area contributed by atoms with E-state index in [1.54, 1.807) is 6.92 Å². The van der Waals surface area contributed by atoms with Gasteiger partial charge in [0.1, 0.15) is 0 Å². The first-order chi connectivity index (χ1) is 10.1. The quantitative estimate of drug-likeness (QED) is 0.781. The lowest BCUT2D eigenvalue weighted by Gasteiger charge is -2.58. The van der Waals surface area contributed by atoms with Crippen LogP contribution in [0.15, 0.2) is 0 Å². The Balaban J connectivity index is 1.40. The minimum atomic E-state index is 0.256. The third-order valence-electron chi connectivity index (χ3n) is 6.76. The van der Waals surface area contributed by atoms with Crippen LogP contribution in [0.25, 0.3) is 0 Å². The van der Waals surface area contributed by atoms with Crippen molar-refractivity contribution in [2.45, 2.75) is 51.9 Å². The van der Waals surface area contributed by atoms with Crippen LogP contribution >= 0.6 is 0 Å². The fourth-order valence-corrected chi connectivity index (χ4v) is 6.40. The lowest BCUT2D eigenvalue weighted by Crippen LogP contribution is -2.51. The van der Waals surface area contributed by atoms with E-state index < -0.39 is 0 Å². The third-order valence-corrected chi connectivity index (χ3v) is 6.76. The van der Waals surface area contributed by atoms with E-state index in [0.29, 0.717) is 5.41 Å². The maximum Gasteiger partial charge on any atom is 0.219 e. The molecule has 3 nitrogen and oxygen atoms in total. The number of nitrogens with zero attached hydrogens (tertiary/aromatic N) is 2. The first-order valence-electron chi connectivity index (χ1n) is 9.10. The zero-order valence-corrected chi connectivity index (χ0v) is 13.5. The largest absolute Gasteiger partial charge is 0.342 e. The summed E-state index contributed by atoms with van der Waals surface area (Å²) in [5.74, 6) is 3.41. The van der Waals surface area contributed by atoms with Gasteiger partial charge in [0.2, 0.25) is 5.91 Å². The van der Waals surface area contributed by atoms with Gasteiger partial charge in [0.15, 0.2) is 0 Å². The van der Waals surface area contributed by atoms with Crippen molar-refractivity contribution in [3.05, 3.63) is 0 Å².